The van der Waals surface area contributed by atoms with Crippen molar-refractivity contribution >= 4 is 27.3 Å². The number of carbonyl (C=O) groups is 1. The van der Waals surface area contributed by atoms with Crippen LogP contribution in [0, 0.1) is 0 Å². The molecule has 30 heavy (non-hydrogen) atoms. The minimum atomic E-state index is 0.156. The van der Waals surface area contributed by atoms with Gasteiger partial charge in [0.2, 0.25) is 0 Å². The molecule has 0 unspecified atom stereocenters. The van der Waals surface area contributed by atoms with Crippen LogP contribution in [0.1, 0.15) is 27.5 Å². The molecule has 150 valence electrons. The molecule has 0 saturated carbocycles. The van der Waals surface area contributed by atoms with Crippen LogP contribution in [0.15, 0.2) is 90.3 Å². The smallest absolute Gasteiger partial charge is 0.255 e. The van der Waals surface area contributed by atoms with Crippen LogP contribution in [0.2, 0.25) is 0 Å². The zero-order valence-corrected chi connectivity index (χ0v) is 17.6. The fourth-order valence-corrected chi connectivity index (χ4v) is 5.32. The highest BCUT2D eigenvalue weighted by Crippen LogP contribution is 2.31. The van der Waals surface area contributed by atoms with Crippen LogP contribution in [0.25, 0.3) is 10.1 Å². The van der Waals surface area contributed by atoms with Gasteiger partial charge in [-0.15, -0.1) is 11.3 Å². The number of hydrogen-bond donors (Lipinski definition) is 0. The molecule has 5 rings (SSSR count). The maximum Gasteiger partial charge on any atom is 0.255 e. The highest BCUT2D eigenvalue weighted by Gasteiger charge is 2.29. The van der Waals surface area contributed by atoms with Crippen LogP contribution in [0.3, 0.4) is 0 Å². The molecule has 4 aromatic rings. The monoisotopic (exact) mass is 412 g/mol. The number of benzene rings is 3. The average Bonchev–Trinajstić information content (AvgIpc) is 3.25. The van der Waals surface area contributed by atoms with Crippen molar-refractivity contribution in [3.63, 3.8) is 0 Å². The summed E-state index contributed by atoms with van der Waals surface area (Å²) < 4.78 is 1.17. The Morgan fingerprint density at radius 1 is 0.733 bits per heavy atom. The second-order valence-electron chi connectivity index (χ2n) is 7.70. The number of carbonyl (C=O) groups excluding carboxylic acids is 1. The van der Waals surface area contributed by atoms with Gasteiger partial charge in [0.15, 0.2) is 0 Å². The molecule has 2 heterocycles. The summed E-state index contributed by atoms with van der Waals surface area (Å²) in [4.78, 5) is 17.7. The molecular weight excluding hydrogens is 388 g/mol. The minimum Gasteiger partial charge on any atom is -0.336 e. The Labute approximate surface area is 181 Å². The van der Waals surface area contributed by atoms with Gasteiger partial charge in [0.05, 0.1) is 11.6 Å². The molecule has 1 fully saturated rings. The summed E-state index contributed by atoms with van der Waals surface area (Å²) in [7, 11) is 0. The Morgan fingerprint density at radius 2 is 1.30 bits per heavy atom. The molecule has 1 aliphatic heterocycles. The third kappa shape index (κ3) is 3.64. The summed E-state index contributed by atoms with van der Waals surface area (Å²) in [6.45, 7) is 3.23. The molecule has 3 aromatic carbocycles. The van der Waals surface area contributed by atoms with Gasteiger partial charge in [0, 0.05) is 41.6 Å². The number of piperazine rings is 1. The van der Waals surface area contributed by atoms with Crippen LogP contribution in [0.5, 0.6) is 0 Å². The third-order valence-electron chi connectivity index (χ3n) is 5.91. The highest BCUT2D eigenvalue weighted by atomic mass is 32.1. The van der Waals surface area contributed by atoms with Gasteiger partial charge in [-0.2, -0.15) is 0 Å². The van der Waals surface area contributed by atoms with E-state index in [9.17, 15) is 4.79 Å². The summed E-state index contributed by atoms with van der Waals surface area (Å²) >= 11 is 1.65. The number of fused-ring (bicyclic) bond motifs is 1. The lowest BCUT2D eigenvalue weighted by molar-refractivity contribution is 0.0599. The predicted molar refractivity (Wildman–Crippen MR) is 124 cm³/mol. The summed E-state index contributed by atoms with van der Waals surface area (Å²) in [5.74, 6) is 0.156. The van der Waals surface area contributed by atoms with Gasteiger partial charge >= 0.3 is 0 Å². The zero-order chi connectivity index (χ0) is 20.3. The Kier molecular flexibility index (Phi) is 5.35. The zero-order valence-electron chi connectivity index (χ0n) is 16.8. The molecule has 1 aliphatic rings. The molecule has 1 saturated heterocycles. The fourth-order valence-electron chi connectivity index (χ4n) is 4.38. The summed E-state index contributed by atoms with van der Waals surface area (Å²) in [6.07, 6.45) is 0. The number of amides is 1. The van der Waals surface area contributed by atoms with Crippen molar-refractivity contribution in [2.75, 3.05) is 26.2 Å². The van der Waals surface area contributed by atoms with E-state index in [2.05, 4.69) is 77.7 Å². The van der Waals surface area contributed by atoms with E-state index in [1.54, 1.807) is 11.3 Å². The van der Waals surface area contributed by atoms with E-state index < -0.39 is 0 Å². The lowest BCUT2D eigenvalue weighted by Crippen LogP contribution is -2.49. The first-order valence-electron chi connectivity index (χ1n) is 10.4. The molecule has 4 heteroatoms. The second-order valence-corrected chi connectivity index (χ2v) is 8.61. The number of hydrogen-bond acceptors (Lipinski definition) is 3. The van der Waals surface area contributed by atoms with Crippen LogP contribution >= 0.6 is 11.3 Å². The van der Waals surface area contributed by atoms with Crippen LogP contribution in [-0.4, -0.2) is 41.9 Å². The fraction of sp³-hybridized carbons (Fsp3) is 0.192. The van der Waals surface area contributed by atoms with Gasteiger partial charge < -0.3 is 4.90 Å². The van der Waals surface area contributed by atoms with E-state index in [-0.39, 0.29) is 11.9 Å². The van der Waals surface area contributed by atoms with Crippen LogP contribution in [0.4, 0.5) is 0 Å². The van der Waals surface area contributed by atoms with E-state index in [4.69, 9.17) is 0 Å². The lowest BCUT2D eigenvalue weighted by Gasteiger charge is -2.39. The van der Waals surface area contributed by atoms with Crippen LogP contribution < -0.4 is 0 Å². The van der Waals surface area contributed by atoms with Crippen LogP contribution in [-0.2, 0) is 0 Å². The van der Waals surface area contributed by atoms with Gasteiger partial charge in [0.25, 0.3) is 5.91 Å². The number of thiophene rings is 1. The molecule has 0 atom stereocenters. The molecular formula is C26H24N2OS. The van der Waals surface area contributed by atoms with E-state index in [1.165, 1.54) is 15.8 Å². The molecule has 0 aliphatic carbocycles. The first-order valence-corrected chi connectivity index (χ1v) is 11.3. The molecule has 0 N–H and O–H groups in total. The Balaban J connectivity index is 1.35. The van der Waals surface area contributed by atoms with Crippen molar-refractivity contribution in [1.82, 2.24) is 9.80 Å². The lowest BCUT2D eigenvalue weighted by atomic mass is 9.96. The SMILES string of the molecule is O=C(c1csc2ccccc12)N1CCN(C(c2ccccc2)c2ccccc2)CC1. The number of nitrogens with zero attached hydrogens (tertiary/aromatic N) is 2. The molecule has 0 radical (unpaired) electrons. The first-order chi connectivity index (χ1) is 14.8. The molecule has 1 aromatic heterocycles. The van der Waals surface area contributed by atoms with E-state index in [0.29, 0.717) is 0 Å². The minimum absolute atomic E-state index is 0.156. The van der Waals surface area contributed by atoms with E-state index in [0.717, 1.165) is 37.1 Å². The van der Waals surface area contributed by atoms with Crippen molar-refractivity contribution in [1.29, 1.82) is 0 Å². The number of rotatable bonds is 4. The van der Waals surface area contributed by atoms with Gasteiger partial charge in [-0.1, -0.05) is 78.9 Å². The van der Waals surface area contributed by atoms with E-state index in [1.807, 2.05) is 22.4 Å². The van der Waals surface area contributed by atoms with Crippen molar-refractivity contribution in [2.24, 2.45) is 0 Å². The first kappa shape index (κ1) is 19.0. The maximum absolute atomic E-state index is 13.2. The average molecular weight is 413 g/mol. The second kappa shape index (κ2) is 8.42. The van der Waals surface area contributed by atoms with Gasteiger partial charge in [-0.05, 0) is 17.2 Å². The molecule has 0 bridgehead atoms. The van der Waals surface area contributed by atoms with Gasteiger partial charge in [0.1, 0.15) is 0 Å². The Morgan fingerprint density at radius 3 is 1.93 bits per heavy atom. The van der Waals surface area contributed by atoms with Crippen molar-refractivity contribution in [2.45, 2.75) is 6.04 Å². The van der Waals surface area contributed by atoms with E-state index >= 15 is 0 Å². The standard InChI is InChI=1S/C26H24N2OS/c29-26(23-19-30-24-14-8-7-13-22(23)24)28-17-15-27(16-18-28)25(20-9-3-1-4-10-20)21-11-5-2-6-12-21/h1-14,19,25H,15-18H2. The predicted octanol–water partition coefficient (Wildman–Crippen LogP) is 5.45. The Bertz CT molecular complexity index is 1090. The third-order valence-corrected chi connectivity index (χ3v) is 6.87. The molecule has 1 amide bonds. The summed E-state index contributed by atoms with van der Waals surface area (Å²) in [6, 6.07) is 29.7. The largest absolute Gasteiger partial charge is 0.336 e. The van der Waals surface area contributed by atoms with Crippen molar-refractivity contribution in [3.8, 4) is 0 Å². The van der Waals surface area contributed by atoms with Gasteiger partial charge in [-0.25, -0.2) is 0 Å². The normalized spacial score (nSPS) is 15.0. The van der Waals surface area contributed by atoms with Crippen molar-refractivity contribution in [3.05, 3.63) is 107 Å². The summed E-state index contributed by atoms with van der Waals surface area (Å²) in [5.41, 5.74) is 3.44. The van der Waals surface area contributed by atoms with Crippen molar-refractivity contribution < 1.29 is 4.79 Å². The quantitative estimate of drug-likeness (QED) is 0.445. The summed E-state index contributed by atoms with van der Waals surface area (Å²) in [5, 5.41) is 3.08. The maximum atomic E-state index is 13.2. The topological polar surface area (TPSA) is 23.6 Å². The molecule has 0 spiro atoms. The molecule has 3 nitrogen and oxygen atoms in total. The Hall–Kier alpha value is -2.95. The van der Waals surface area contributed by atoms with Gasteiger partial charge in [-0.3, -0.25) is 9.69 Å². The highest BCUT2D eigenvalue weighted by molar-refractivity contribution is 7.17.